The summed E-state index contributed by atoms with van der Waals surface area (Å²) >= 11 is 1.46. The molecule has 0 aliphatic heterocycles. The zero-order valence-electron chi connectivity index (χ0n) is 10.6. The van der Waals surface area contributed by atoms with E-state index in [-0.39, 0.29) is 11.4 Å². The van der Waals surface area contributed by atoms with Gasteiger partial charge >= 0.3 is 0 Å². The van der Waals surface area contributed by atoms with Gasteiger partial charge in [0.25, 0.3) is 5.91 Å². The SMILES string of the molecule is Nc1nccc(C(=O)Nc2nc3c(s2)CCCC3)c1F. The van der Waals surface area contributed by atoms with Gasteiger partial charge in [-0.2, -0.15) is 0 Å². The summed E-state index contributed by atoms with van der Waals surface area (Å²) in [5.74, 6) is -1.63. The molecular formula is C13H13FN4OS. The normalized spacial score (nSPS) is 13.8. The van der Waals surface area contributed by atoms with Crippen molar-refractivity contribution in [2.45, 2.75) is 25.7 Å². The van der Waals surface area contributed by atoms with Crippen LogP contribution in [0.25, 0.3) is 0 Å². The van der Waals surface area contributed by atoms with E-state index in [0.29, 0.717) is 5.13 Å². The maximum Gasteiger partial charge on any atom is 0.260 e. The van der Waals surface area contributed by atoms with E-state index in [2.05, 4.69) is 15.3 Å². The van der Waals surface area contributed by atoms with Crippen LogP contribution in [-0.2, 0) is 12.8 Å². The Morgan fingerprint density at radius 1 is 1.40 bits per heavy atom. The molecular weight excluding hydrogens is 279 g/mol. The van der Waals surface area contributed by atoms with Gasteiger partial charge in [0.1, 0.15) is 0 Å². The third kappa shape index (κ3) is 2.36. The van der Waals surface area contributed by atoms with E-state index < -0.39 is 11.7 Å². The van der Waals surface area contributed by atoms with E-state index in [1.54, 1.807) is 0 Å². The van der Waals surface area contributed by atoms with Crippen molar-refractivity contribution >= 4 is 28.2 Å². The van der Waals surface area contributed by atoms with Crippen molar-refractivity contribution in [2.24, 2.45) is 0 Å². The molecule has 0 unspecified atom stereocenters. The van der Waals surface area contributed by atoms with Crippen LogP contribution in [0.2, 0.25) is 0 Å². The van der Waals surface area contributed by atoms with Crippen molar-refractivity contribution in [3.05, 3.63) is 34.2 Å². The number of carbonyl (C=O) groups is 1. The van der Waals surface area contributed by atoms with Crippen LogP contribution in [0.15, 0.2) is 12.3 Å². The Hall–Kier alpha value is -2.02. The minimum Gasteiger partial charge on any atom is -0.381 e. The number of halogens is 1. The molecule has 3 N–H and O–H groups in total. The van der Waals surface area contributed by atoms with Gasteiger partial charge in [-0.15, -0.1) is 11.3 Å². The molecule has 0 saturated heterocycles. The maximum atomic E-state index is 13.7. The Morgan fingerprint density at radius 2 is 2.20 bits per heavy atom. The van der Waals surface area contributed by atoms with E-state index in [0.717, 1.165) is 31.4 Å². The molecule has 2 heterocycles. The van der Waals surface area contributed by atoms with Crippen LogP contribution in [0.3, 0.4) is 0 Å². The second kappa shape index (κ2) is 5.16. The molecule has 1 amide bonds. The van der Waals surface area contributed by atoms with E-state index in [1.165, 1.54) is 28.5 Å². The Bertz CT molecular complexity index is 647. The second-order valence-electron chi connectivity index (χ2n) is 4.61. The summed E-state index contributed by atoms with van der Waals surface area (Å²) in [6.45, 7) is 0. The van der Waals surface area contributed by atoms with Gasteiger partial charge in [0.15, 0.2) is 16.8 Å². The highest BCUT2D eigenvalue weighted by Gasteiger charge is 2.19. The molecule has 3 rings (SSSR count). The highest BCUT2D eigenvalue weighted by molar-refractivity contribution is 7.15. The van der Waals surface area contributed by atoms with Gasteiger partial charge in [-0.1, -0.05) is 0 Å². The van der Waals surface area contributed by atoms with Gasteiger partial charge in [-0.25, -0.2) is 14.4 Å². The Morgan fingerprint density at radius 3 is 3.00 bits per heavy atom. The fraction of sp³-hybridized carbons (Fsp3) is 0.308. The first-order chi connectivity index (χ1) is 9.65. The van der Waals surface area contributed by atoms with Crippen LogP contribution in [0, 0.1) is 5.82 Å². The van der Waals surface area contributed by atoms with Crippen molar-refractivity contribution in [2.75, 3.05) is 11.1 Å². The monoisotopic (exact) mass is 292 g/mol. The van der Waals surface area contributed by atoms with Crippen LogP contribution >= 0.6 is 11.3 Å². The Kier molecular flexibility index (Phi) is 3.35. The van der Waals surface area contributed by atoms with Gasteiger partial charge in [0.05, 0.1) is 11.3 Å². The van der Waals surface area contributed by atoms with Crippen molar-refractivity contribution in [1.29, 1.82) is 0 Å². The standard InChI is InChI=1S/C13H13FN4OS/c14-10-7(5-6-16-11(10)15)12(19)18-13-17-8-3-1-2-4-9(8)20-13/h5-6H,1-4H2,(H2,15,16)(H,17,18,19). The number of carbonyl (C=O) groups excluding carboxylic acids is 1. The fourth-order valence-electron chi connectivity index (χ4n) is 2.21. The summed E-state index contributed by atoms with van der Waals surface area (Å²) in [4.78, 5) is 21.2. The number of aromatic nitrogens is 2. The number of nitrogens with one attached hydrogen (secondary N) is 1. The molecule has 20 heavy (non-hydrogen) atoms. The molecule has 0 bridgehead atoms. The lowest BCUT2D eigenvalue weighted by atomic mass is 10.0. The molecule has 0 saturated carbocycles. The number of hydrogen-bond donors (Lipinski definition) is 2. The number of nitrogen functional groups attached to an aromatic ring is 1. The van der Waals surface area contributed by atoms with E-state index in [9.17, 15) is 9.18 Å². The zero-order chi connectivity index (χ0) is 14.1. The van der Waals surface area contributed by atoms with Gasteiger partial charge in [-0.05, 0) is 31.7 Å². The number of anilines is 2. The third-order valence-corrected chi connectivity index (χ3v) is 4.30. The average molecular weight is 292 g/mol. The Labute approximate surface area is 119 Å². The van der Waals surface area contributed by atoms with Crippen molar-refractivity contribution in [3.8, 4) is 0 Å². The van der Waals surface area contributed by atoms with E-state index >= 15 is 0 Å². The molecule has 0 fully saturated rings. The lowest BCUT2D eigenvalue weighted by Crippen LogP contribution is -2.15. The van der Waals surface area contributed by atoms with Gasteiger partial charge in [-0.3, -0.25) is 10.1 Å². The smallest absolute Gasteiger partial charge is 0.260 e. The number of nitrogens with two attached hydrogens (primary N) is 1. The van der Waals surface area contributed by atoms with Crippen LogP contribution in [-0.4, -0.2) is 15.9 Å². The first-order valence-electron chi connectivity index (χ1n) is 6.35. The molecule has 2 aromatic rings. The molecule has 1 aliphatic rings. The minimum atomic E-state index is -0.800. The van der Waals surface area contributed by atoms with Crippen molar-refractivity contribution in [1.82, 2.24) is 9.97 Å². The number of hydrogen-bond acceptors (Lipinski definition) is 5. The fourth-order valence-corrected chi connectivity index (χ4v) is 3.25. The summed E-state index contributed by atoms with van der Waals surface area (Å²) in [5, 5.41) is 3.14. The van der Waals surface area contributed by atoms with Gasteiger partial charge in [0.2, 0.25) is 0 Å². The zero-order valence-corrected chi connectivity index (χ0v) is 11.5. The number of aryl methyl sites for hydroxylation is 2. The molecule has 0 spiro atoms. The molecule has 7 heteroatoms. The van der Waals surface area contributed by atoms with Gasteiger partial charge < -0.3 is 5.73 Å². The molecule has 104 valence electrons. The number of rotatable bonds is 2. The van der Waals surface area contributed by atoms with E-state index in [1.807, 2.05) is 0 Å². The highest BCUT2D eigenvalue weighted by atomic mass is 32.1. The molecule has 1 aliphatic carbocycles. The topological polar surface area (TPSA) is 80.9 Å². The molecule has 5 nitrogen and oxygen atoms in total. The van der Waals surface area contributed by atoms with Crippen molar-refractivity contribution < 1.29 is 9.18 Å². The number of amides is 1. The van der Waals surface area contributed by atoms with Gasteiger partial charge in [0, 0.05) is 11.1 Å². The largest absolute Gasteiger partial charge is 0.381 e. The van der Waals surface area contributed by atoms with E-state index in [4.69, 9.17) is 5.73 Å². The summed E-state index contributed by atoms with van der Waals surface area (Å²) in [5.41, 5.74) is 6.28. The summed E-state index contributed by atoms with van der Waals surface area (Å²) in [7, 11) is 0. The van der Waals surface area contributed by atoms with Crippen LogP contribution in [0.1, 0.15) is 33.8 Å². The third-order valence-electron chi connectivity index (χ3n) is 3.23. The molecule has 0 atom stereocenters. The predicted octanol–water partition coefficient (Wildman–Crippen LogP) is 2.39. The lowest BCUT2D eigenvalue weighted by Gasteiger charge is -2.06. The molecule has 2 aromatic heterocycles. The van der Waals surface area contributed by atoms with Crippen LogP contribution in [0.5, 0.6) is 0 Å². The maximum absolute atomic E-state index is 13.7. The second-order valence-corrected chi connectivity index (χ2v) is 5.69. The minimum absolute atomic E-state index is 0.120. The number of nitrogens with zero attached hydrogens (tertiary/aromatic N) is 2. The number of pyridine rings is 1. The van der Waals surface area contributed by atoms with Crippen LogP contribution in [0.4, 0.5) is 15.3 Å². The lowest BCUT2D eigenvalue weighted by molar-refractivity contribution is 0.102. The number of thiazole rings is 1. The number of fused-ring (bicyclic) bond motifs is 1. The quantitative estimate of drug-likeness (QED) is 0.890. The first-order valence-corrected chi connectivity index (χ1v) is 7.16. The average Bonchev–Trinajstić information content (AvgIpc) is 2.83. The van der Waals surface area contributed by atoms with Crippen LogP contribution < -0.4 is 11.1 Å². The Balaban J connectivity index is 1.82. The predicted molar refractivity (Wildman–Crippen MR) is 75.3 cm³/mol. The summed E-state index contributed by atoms with van der Waals surface area (Å²) in [6.07, 6.45) is 5.52. The molecule has 0 aromatic carbocycles. The summed E-state index contributed by atoms with van der Waals surface area (Å²) < 4.78 is 13.7. The first kappa shape index (κ1) is 13.0. The summed E-state index contributed by atoms with van der Waals surface area (Å²) in [6, 6.07) is 1.30. The molecule has 0 radical (unpaired) electrons. The van der Waals surface area contributed by atoms with Crippen molar-refractivity contribution in [3.63, 3.8) is 0 Å². The highest BCUT2D eigenvalue weighted by Crippen LogP contribution is 2.29.